The zero-order valence-corrected chi connectivity index (χ0v) is 10.7. The van der Waals surface area contributed by atoms with Gasteiger partial charge in [0.15, 0.2) is 0 Å². The fourth-order valence-corrected chi connectivity index (χ4v) is 1.70. The van der Waals surface area contributed by atoms with E-state index in [9.17, 15) is 4.39 Å². The molecule has 0 fully saturated rings. The van der Waals surface area contributed by atoms with Gasteiger partial charge in [0.1, 0.15) is 5.82 Å². The Morgan fingerprint density at radius 1 is 1.29 bits per heavy atom. The van der Waals surface area contributed by atoms with Crippen LogP contribution in [0.4, 0.5) is 4.39 Å². The van der Waals surface area contributed by atoms with Gasteiger partial charge in [0.05, 0.1) is 6.61 Å². The minimum absolute atomic E-state index is 0.242. The first-order valence-electron chi connectivity index (χ1n) is 6.18. The average molecular weight is 239 g/mol. The number of rotatable bonds is 7. The van der Waals surface area contributed by atoms with Gasteiger partial charge in [-0.2, -0.15) is 0 Å². The lowest BCUT2D eigenvalue weighted by molar-refractivity contribution is 0.114. The summed E-state index contributed by atoms with van der Waals surface area (Å²) in [5, 5.41) is 0. The normalized spacial score (nSPS) is 11.1. The average Bonchev–Trinajstić information content (AvgIpc) is 2.29. The van der Waals surface area contributed by atoms with Gasteiger partial charge in [-0.05, 0) is 42.0 Å². The highest BCUT2D eigenvalue weighted by molar-refractivity contribution is 5.27. The molecule has 0 spiro atoms. The summed E-state index contributed by atoms with van der Waals surface area (Å²) >= 11 is 0. The Labute approximate surface area is 103 Å². The lowest BCUT2D eigenvalue weighted by Crippen LogP contribution is -2.05. The van der Waals surface area contributed by atoms with Crippen molar-refractivity contribution in [3.8, 4) is 0 Å². The van der Waals surface area contributed by atoms with E-state index in [1.165, 1.54) is 18.6 Å². The van der Waals surface area contributed by atoms with Crippen molar-refractivity contribution in [1.82, 2.24) is 0 Å². The molecular weight excluding hydrogens is 217 g/mol. The second-order valence-electron chi connectivity index (χ2n) is 4.71. The van der Waals surface area contributed by atoms with Crippen molar-refractivity contribution in [1.29, 1.82) is 0 Å². The van der Waals surface area contributed by atoms with Gasteiger partial charge in [-0.3, -0.25) is 0 Å². The minimum atomic E-state index is -0.242. The maximum Gasteiger partial charge on any atom is 0.123 e. The predicted octanol–water partition coefficient (Wildman–Crippen LogP) is 3.24. The van der Waals surface area contributed by atoms with Gasteiger partial charge in [0, 0.05) is 13.2 Å². The number of nitrogens with two attached hydrogens (primary N) is 1. The van der Waals surface area contributed by atoms with Crippen LogP contribution in [-0.4, -0.2) is 6.61 Å². The van der Waals surface area contributed by atoms with Crippen LogP contribution in [0.2, 0.25) is 0 Å². The standard InChI is InChI=1S/C14H22FNO/c1-11(2)4-3-7-17-10-12-5-6-14(15)8-13(12)9-16/h5-6,8,11H,3-4,7,9-10,16H2,1-2H3. The van der Waals surface area contributed by atoms with Crippen LogP contribution < -0.4 is 5.73 Å². The molecule has 0 bridgehead atoms. The highest BCUT2D eigenvalue weighted by Crippen LogP contribution is 2.12. The Balaban J connectivity index is 2.36. The van der Waals surface area contributed by atoms with Crippen LogP contribution in [0, 0.1) is 11.7 Å². The van der Waals surface area contributed by atoms with Gasteiger partial charge < -0.3 is 10.5 Å². The van der Waals surface area contributed by atoms with E-state index in [0.29, 0.717) is 19.1 Å². The largest absolute Gasteiger partial charge is 0.377 e. The Bertz CT molecular complexity index is 339. The molecule has 0 saturated carbocycles. The molecule has 0 radical (unpaired) electrons. The number of benzene rings is 1. The van der Waals surface area contributed by atoms with Gasteiger partial charge in [0.25, 0.3) is 0 Å². The summed E-state index contributed by atoms with van der Waals surface area (Å²) in [5.74, 6) is 0.470. The zero-order chi connectivity index (χ0) is 12.7. The molecule has 3 heteroatoms. The van der Waals surface area contributed by atoms with E-state index in [4.69, 9.17) is 10.5 Å². The summed E-state index contributed by atoms with van der Waals surface area (Å²) in [7, 11) is 0. The van der Waals surface area contributed by atoms with Gasteiger partial charge >= 0.3 is 0 Å². The molecule has 0 aromatic heterocycles. The van der Waals surface area contributed by atoms with E-state index in [0.717, 1.165) is 24.2 Å². The third-order valence-corrected chi connectivity index (χ3v) is 2.72. The van der Waals surface area contributed by atoms with Crippen LogP contribution in [0.25, 0.3) is 0 Å². The first-order valence-corrected chi connectivity index (χ1v) is 6.18. The van der Waals surface area contributed by atoms with Crippen LogP contribution in [0.15, 0.2) is 18.2 Å². The second kappa shape index (κ2) is 7.41. The summed E-state index contributed by atoms with van der Waals surface area (Å²) in [6, 6.07) is 4.68. The Morgan fingerprint density at radius 3 is 2.71 bits per heavy atom. The van der Waals surface area contributed by atoms with Crippen molar-refractivity contribution in [3.05, 3.63) is 35.1 Å². The molecule has 2 N–H and O–H groups in total. The van der Waals surface area contributed by atoms with Crippen molar-refractivity contribution >= 4 is 0 Å². The van der Waals surface area contributed by atoms with Crippen molar-refractivity contribution in [2.75, 3.05) is 6.61 Å². The lowest BCUT2D eigenvalue weighted by atomic mass is 10.1. The molecule has 0 aliphatic carbocycles. The molecule has 0 amide bonds. The molecular formula is C14H22FNO. The van der Waals surface area contributed by atoms with Crippen molar-refractivity contribution in [3.63, 3.8) is 0 Å². The molecule has 0 atom stereocenters. The first-order chi connectivity index (χ1) is 8.13. The number of ether oxygens (including phenoxy) is 1. The fraction of sp³-hybridized carbons (Fsp3) is 0.571. The predicted molar refractivity (Wildman–Crippen MR) is 68.0 cm³/mol. The van der Waals surface area contributed by atoms with E-state index in [1.807, 2.05) is 0 Å². The summed E-state index contributed by atoms with van der Waals surface area (Å²) < 4.78 is 18.5. The zero-order valence-electron chi connectivity index (χ0n) is 10.7. The van der Waals surface area contributed by atoms with E-state index in [1.54, 1.807) is 6.07 Å². The maximum atomic E-state index is 13.0. The molecule has 96 valence electrons. The van der Waals surface area contributed by atoms with E-state index >= 15 is 0 Å². The topological polar surface area (TPSA) is 35.2 Å². The Hall–Kier alpha value is -0.930. The van der Waals surface area contributed by atoms with Gasteiger partial charge in [-0.25, -0.2) is 4.39 Å². The summed E-state index contributed by atoms with van der Waals surface area (Å²) in [6.45, 7) is 6.02. The van der Waals surface area contributed by atoms with E-state index < -0.39 is 0 Å². The number of hydrogen-bond acceptors (Lipinski definition) is 2. The minimum Gasteiger partial charge on any atom is -0.377 e. The van der Waals surface area contributed by atoms with Crippen LogP contribution in [0.1, 0.15) is 37.8 Å². The smallest absolute Gasteiger partial charge is 0.123 e. The SMILES string of the molecule is CC(C)CCCOCc1ccc(F)cc1CN. The third-order valence-electron chi connectivity index (χ3n) is 2.72. The Kier molecular flexibility index (Phi) is 6.16. The summed E-state index contributed by atoms with van der Waals surface area (Å²) in [6.07, 6.45) is 2.24. The maximum absolute atomic E-state index is 13.0. The van der Waals surface area contributed by atoms with Crippen LogP contribution in [-0.2, 0) is 17.9 Å². The van der Waals surface area contributed by atoms with E-state index in [2.05, 4.69) is 13.8 Å². The van der Waals surface area contributed by atoms with Crippen molar-refractivity contribution in [2.24, 2.45) is 11.7 Å². The van der Waals surface area contributed by atoms with Crippen LogP contribution >= 0.6 is 0 Å². The molecule has 0 aliphatic heterocycles. The highest BCUT2D eigenvalue weighted by atomic mass is 19.1. The molecule has 2 nitrogen and oxygen atoms in total. The molecule has 0 saturated heterocycles. The number of hydrogen-bond donors (Lipinski definition) is 1. The third kappa shape index (κ3) is 5.29. The molecule has 17 heavy (non-hydrogen) atoms. The highest BCUT2D eigenvalue weighted by Gasteiger charge is 2.03. The molecule has 1 aromatic carbocycles. The number of halogens is 1. The van der Waals surface area contributed by atoms with Gasteiger partial charge in [0.2, 0.25) is 0 Å². The molecule has 0 unspecified atom stereocenters. The van der Waals surface area contributed by atoms with Crippen LogP contribution in [0.5, 0.6) is 0 Å². The molecule has 0 heterocycles. The van der Waals surface area contributed by atoms with Crippen molar-refractivity contribution < 1.29 is 9.13 Å². The van der Waals surface area contributed by atoms with Crippen molar-refractivity contribution in [2.45, 2.75) is 39.8 Å². The Morgan fingerprint density at radius 2 is 2.06 bits per heavy atom. The second-order valence-corrected chi connectivity index (χ2v) is 4.71. The molecule has 0 aliphatic rings. The summed E-state index contributed by atoms with van der Waals surface area (Å²) in [5.41, 5.74) is 7.38. The molecule has 1 aromatic rings. The van der Waals surface area contributed by atoms with Crippen LogP contribution in [0.3, 0.4) is 0 Å². The summed E-state index contributed by atoms with van der Waals surface area (Å²) in [4.78, 5) is 0. The van der Waals surface area contributed by atoms with Gasteiger partial charge in [-0.1, -0.05) is 19.9 Å². The van der Waals surface area contributed by atoms with E-state index in [-0.39, 0.29) is 5.82 Å². The van der Waals surface area contributed by atoms with Gasteiger partial charge in [-0.15, -0.1) is 0 Å². The lowest BCUT2D eigenvalue weighted by Gasteiger charge is -2.09. The first kappa shape index (κ1) is 14.1. The quantitative estimate of drug-likeness (QED) is 0.741. The fourth-order valence-electron chi connectivity index (χ4n) is 1.70. The monoisotopic (exact) mass is 239 g/mol. The molecule has 1 rings (SSSR count).